The van der Waals surface area contributed by atoms with Gasteiger partial charge in [0.15, 0.2) is 12.1 Å². The fourth-order valence-electron chi connectivity index (χ4n) is 5.92. The lowest BCUT2D eigenvalue weighted by Gasteiger charge is -2.31. The van der Waals surface area contributed by atoms with Crippen LogP contribution in [-0.2, 0) is 28.6 Å². The number of esters is 2. The van der Waals surface area contributed by atoms with Crippen molar-refractivity contribution < 1.29 is 38.2 Å². The third kappa shape index (κ3) is 37.8. The predicted octanol–water partition coefficient (Wildman–Crippen LogP) is 12.1. The lowest BCUT2D eigenvalue weighted by atomic mass is 10.1. The van der Waals surface area contributed by atoms with Gasteiger partial charge >= 0.3 is 17.9 Å². The molecule has 57 heavy (non-hydrogen) atoms. The summed E-state index contributed by atoms with van der Waals surface area (Å²) in [6.07, 6.45) is 50.5. The number of carbonyl (C=O) groups is 3. The van der Waals surface area contributed by atoms with Gasteiger partial charge in [-0.2, -0.15) is 0 Å². The van der Waals surface area contributed by atoms with Crippen molar-refractivity contribution in [1.82, 2.24) is 0 Å². The van der Waals surface area contributed by atoms with Gasteiger partial charge < -0.3 is 23.8 Å². The van der Waals surface area contributed by atoms with E-state index in [-0.39, 0.29) is 42.7 Å². The van der Waals surface area contributed by atoms with E-state index in [2.05, 4.69) is 98.9 Å². The van der Waals surface area contributed by atoms with Crippen LogP contribution in [-0.4, -0.2) is 80.6 Å². The van der Waals surface area contributed by atoms with E-state index in [9.17, 15) is 19.5 Å². The van der Waals surface area contributed by atoms with Gasteiger partial charge in [-0.25, -0.2) is 4.79 Å². The second kappa shape index (κ2) is 39.3. The Balaban J connectivity index is 4.44. The molecule has 0 saturated heterocycles. The average Bonchev–Trinajstić information content (AvgIpc) is 3.17. The summed E-state index contributed by atoms with van der Waals surface area (Å²) in [5.74, 6) is -1.53. The zero-order valence-corrected chi connectivity index (χ0v) is 36.8. The number of carboxylic acids is 1. The first-order chi connectivity index (χ1) is 27.6. The summed E-state index contributed by atoms with van der Waals surface area (Å²) < 4.78 is 17.2. The highest BCUT2D eigenvalue weighted by Gasteiger charge is 2.31. The third-order valence-electron chi connectivity index (χ3n) is 9.29. The van der Waals surface area contributed by atoms with Crippen LogP contribution < -0.4 is 0 Å². The van der Waals surface area contributed by atoms with Gasteiger partial charge in [-0.05, 0) is 83.5 Å². The minimum Gasteiger partial charge on any atom is -0.477 e. The number of likely N-dealkylation sites (N-methyl/N-ethyl adjacent to an activating group) is 1. The number of aliphatic carboxylic acids is 1. The van der Waals surface area contributed by atoms with Crippen molar-refractivity contribution in [3.63, 3.8) is 0 Å². The van der Waals surface area contributed by atoms with Gasteiger partial charge in [-0.15, -0.1) is 0 Å². The summed E-state index contributed by atoms with van der Waals surface area (Å²) in [4.78, 5) is 37.0. The molecule has 0 aromatic rings. The van der Waals surface area contributed by atoms with Gasteiger partial charge in [0.1, 0.15) is 6.61 Å². The van der Waals surface area contributed by atoms with Crippen LogP contribution in [0.4, 0.5) is 0 Å². The fourth-order valence-corrected chi connectivity index (χ4v) is 5.92. The van der Waals surface area contributed by atoms with Crippen molar-refractivity contribution in [3.05, 3.63) is 85.1 Å². The van der Waals surface area contributed by atoms with Gasteiger partial charge in [0.05, 0.1) is 34.4 Å². The summed E-state index contributed by atoms with van der Waals surface area (Å²) >= 11 is 0. The lowest BCUT2D eigenvalue weighted by Crippen LogP contribution is -2.50. The highest BCUT2D eigenvalue weighted by Crippen LogP contribution is 2.13. The SMILES string of the molecule is CC/C=C/C/C=C/C/C=C/C/C=C/C/C=C/CCCCCC(=O)OC(COCCC(C(=O)O)[N+](C)(C)C)COC(=O)CCCCCCCCC/C=C/C/C=C/CC. The molecule has 1 N–H and O–H groups in total. The maximum atomic E-state index is 12.7. The molecular formula is C49H82NO7+. The van der Waals surface area contributed by atoms with E-state index in [1.165, 1.54) is 25.7 Å². The van der Waals surface area contributed by atoms with Crippen LogP contribution in [0.3, 0.4) is 0 Å². The Morgan fingerprint density at radius 3 is 1.39 bits per heavy atom. The smallest absolute Gasteiger partial charge is 0.362 e. The van der Waals surface area contributed by atoms with Gasteiger partial charge in [0.25, 0.3) is 0 Å². The second-order valence-corrected chi connectivity index (χ2v) is 15.5. The monoisotopic (exact) mass is 797 g/mol. The standard InChI is InChI=1S/C49H81NO7/c1-6-8-10-12-14-16-18-20-22-23-24-25-26-28-30-32-34-36-38-40-48(52)57-45(43-55-42-41-46(49(53)54)50(3,4)5)44-56-47(51)39-37-35-33-31-29-27-21-19-17-15-13-11-9-7-2/h8-11,14-17,20,22,24-25,28,30,45-46H,6-7,12-13,18-19,21,23,26-27,29,31-44H2,1-5H3/p+1/b10-8+,11-9+,16-14+,17-15+,22-20+,25-24+,30-28+. The number of allylic oxidation sites excluding steroid dienone is 14. The topological polar surface area (TPSA) is 99.1 Å². The molecule has 0 aromatic carbocycles. The van der Waals surface area contributed by atoms with Gasteiger partial charge in [-0.1, -0.05) is 137 Å². The molecule has 0 aromatic heterocycles. The number of ether oxygens (including phenoxy) is 3. The van der Waals surface area contributed by atoms with Crippen molar-refractivity contribution in [3.8, 4) is 0 Å². The molecule has 0 heterocycles. The first-order valence-corrected chi connectivity index (χ1v) is 22.1. The summed E-state index contributed by atoms with van der Waals surface area (Å²) in [5.41, 5.74) is 0. The molecule has 8 nitrogen and oxygen atoms in total. The van der Waals surface area contributed by atoms with E-state index in [0.717, 1.165) is 89.9 Å². The van der Waals surface area contributed by atoms with Crippen molar-refractivity contribution in [1.29, 1.82) is 0 Å². The van der Waals surface area contributed by atoms with Crippen LogP contribution in [0.25, 0.3) is 0 Å². The zero-order chi connectivity index (χ0) is 42.1. The van der Waals surface area contributed by atoms with E-state index in [1.54, 1.807) is 0 Å². The van der Waals surface area contributed by atoms with Crippen LogP contribution in [0.2, 0.25) is 0 Å². The van der Waals surface area contributed by atoms with Crippen LogP contribution in [0, 0.1) is 0 Å². The zero-order valence-electron chi connectivity index (χ0n) is 36.8. The first-order valence-electron chi connectivity index (χ1n) is 22.1. The number of quaternary nitrogens is 1. The maximum Gasteiger partial charge on any atom is 0.362 e. The molecule has 0 fully saturated rings. The number of carbonyl (C=O) groups excluding carboxylic acids is 2. The number of hydrogen-bond donors (Lipinski definition) is 1. The largest absolute Gasteiger partial charge is 0.477 e. The molecule has 0 bridgehead atoms. The van der Waals surface area contributed by atoms with E-state index in [1.807, 2.05) is 21.1 Å². The molecule has 0 aliphatic carbocycles. The average molecular weight is 797 g/mol. The van der Waals surface area contributed by atoms with Gasteiger partial charge in [0, 0.05) is 19.3 Å². The second-order valence-electron chi connectivity index (χ2n) is 15.5. The van der Waals surface area contributed by atoms with Gasteiger partial charge in [-0.3, -0.25) is 9.59 Å². The normalized spacial score (nSPS) is 13.8. The fraction of sp³-hybridized carbons (Fsp3) is 0.653. The lowest BCUT2D eigenvalue weighted by molar-refractivity contribution is -0.887. The van der Waals surface area contributed by atoms with E-state index in [0.29, 0.717) is 19.3 Å². The minimum atomic E-state index is -0.886. The number of rotatable bonds is 38. The van der Waals surface area contributed by atoms with Crippen LogP contribution in [0.5, 0.6) is 0 Å². The quantitative estimate of drug-likeness (QED) is 0.0287. The number of hydrogen-bond acceptors (Lipinski definition) is 6. The Morgan fingerprint density at radius 1 is 0.526 bits per heavy atom. The van der Waals surface area contributed by atoms with Crippen molar-refractivity contribution in [2.24, 2.45) is 0 Å². The van der Waals surface area contributed by atoms with Crippen molar-refractivity contribution >= 4 is 17.9 Å². The number of unbranched alkanes of at least 4 members (excludes halogenated alkanes) is 10. The van der Waals surface area contributed by atoms with E-state index in [4.69, 9.17) is 14.2 Å². The molecule has 0 rings (SSSR count). The van der Waals surface area contributed by atoms with E-state index < -0.39 is 18.1 Å². The maximum absolute atomic E-state index is 12.7. The number of nitrogens with zero attached hydrogens (tertiary/aromatic N) is 1. The van der Waals surface area contributed by atoms with Crippen LogP contribution in [0.15, 0.2) is 85.1 Å². The summed E-state index contributed by atoms with van der Waals surface area (Å²) in [6.45, 7) is 4.45. The van der Waals surface area contributed by atoms with Crippen molar-refractivity contribution in [2.75, 3.05) is 41.0 Å². The van der Waals surface area contributed by atoms with Crippen LogP contribution >= 0.6 is 0 Å². The molecule has 0 amide bonds. The Labute approximate surface area is 348 Å². The summed E-state index contributed by atoms with van der Waals surface area (Å²) in [7, 11) is 5.50. The molecule has 8 heteroatoms. The highest BCUT2D eigenvalue weighted by molar-refractivity contribution is 5.72. The Hall–Kier alpha value is -3.49. The summed E-state index contributed by atoms with van der Waals surface area (Å²) in [6, 6.07) is -0.626. The van der Waals surface area contributed by atoms with Gasteiger partial charge in [0.2, 0.25) is 0 Å². The number of carboxylic acid groups (broad SMARTS) is 1. The Morgan fingerprint density at radius 2 is 0.930 bits per heavy atom. The molecular weight excluding hydrogens is 715 g/mol. The molecule has 0 aliphatic rings. The Kier molecular flexibility index (Phi) is 36.9. The molecule has 2 unspecified atom stereocenters. The summed E-state index contributed by atoms with van der Waals surface area (Å²) in [5, 5.41) is 9.62. The minimum absolute atomic E-state index is 0.0400. The molecule has 0 saturated carbocycles. The first kappa shape index (κ1) is 53.5. The molecule has 2 atom stereocenters. The van der Waals surface area contributed by atoms with E-state index >= 15 is 0 Å². The van der Waals surface area contributed by atoms with Crippen molar-refractivity contribution in [2.45, 2.75) is 167 Å². The molecule has 0 spiro atoms. The molecule has 0 aliphatic heterocycles. The molecule has 0 radical (unpaired) electrons. The predicted molar refractivity (Wildman–Crippen MR) is 238 cm³/mol. The third-order valence-corrected chi connectivity index (χ3v) is 9.29. The van der Waals surface area contributed by atoms with Crippen LogP contribution in [0.1, 0.15) is 155 Å². The Bertz CT molecular complexity index is 1200. The highest BCUT2D eigenvalue weighted by atomic mass is 16.6. The molecule has 324 valence electrons.